The van der Waals surface area contributed by atoms with E-state index in [0.717, 1.165) is 0 Å². The van der Waals surface area contributed by atoms with Gasteiger partial charge in [0.1, 0.15) is 10.7 Å². The van der Waals surface area contributed by atoms with Gasteiger partial charge in [-0.05, 0) is 58.4 Å². The Morgan fingerprint density at radius 3 is 2.52 bits per heavy atom. The van der Waals surface area contributed by atoms with E-state index in [9.17, 15) is 13.4 Å². The number of hydrogen-bond donors (Lipinski definition) is 2. The van der Waals surface area contributed by atoms with Gasteiger partial charge in [-0.2, -0.15) is 4.98 Å². The average molecular weight is 439 g/mol. The van der Waals surface area contributed by atoms with Crippen LogP contribution in [0.25, 0.3) is 0 Å². The molecule has 1 aliphatic heterocycles. The molecule has 0 saturated heterocycles. The van der Waals surface area contributed by atoms with E-state index < -0.39 is 27.6 Å². The number of nitrogens with zero attached hydrogens (tertiary/aromatic N) is 2. The number of carbonyl (C=O) groups is 1. The number of nitrogens with one attached hydrogen (secondary N) is 2. The van der Waals surface area contributed by atoms with Gasteiger partial charge in [-0.3, -0.25) is 9.00 Å². The number of benzene rings is 1. The summed E-state index contributed by atoms with van der Waals surface area (Å²) in [4.78, 5) is 21.4. The fourth-order valence-electron chi connectivity index (χ4n) is 3.11. The lowest BCUT2D eigenvalue weighted by Gasteiger charge is -2.30. The molecule has 2 N–H and O–H groups in total. The van der Waals surface area contributed by atoms with Crippen molar-refractivity contribution in [1.29, 1.82) is 0 Å². The maximum atomic E-state index is 14.9. The second-order valence-electron chi connectivity index (χ2n) is 8.57. The van der Waals surface area contributed by atoms with E-state index >= 15 is 0 Å². The van der Waals surface area contributed by atoms with Crippen molar-refractivity contribution < 1.29 is 13.4 Å². The number of anilines is 2. The van der Waals surface area contributed by atoms with Gasteiger partial charge in [0.2, 0.25) is 11.2 Å². The summed E-state index contributed by atoms with van der Waals surface area (Å²) in [5, 5.41) is 5.93. The number of fused-ring (bicyclic) bond motifs is 1. The molecule has 9 heteroatoms. The monoisotopic (exact) mass is 438 g/mol. The van der Waals surface area contributed by atoms with E-state index in [1.165, 1.54) is 6.07 Å². The summed E-state index contributed by atoms with van der Waals surface area (Å²) in [7, 11) is -1.22. The third-order valence-electron chi connectivity index (χ3n) is 4.62. The van der Waals surface area contributed by atoms with Crippen molar-refractivity contribution >= 4 is 39.8 Å². The fraction of sp³-hybridized carbons (Fsp3) is 0.450. The normalized spacial score (nSPS) is 16.4. The number of hydrogen-bond acceptors (Lipinski definition) is 5. The van der Waals surface area contributed by atoms with E-state index in [4.69, 9.17) is 11.6 Å². The molecule has 0 bridgehead atoms. The van der Waals surface area contributed by atoms with Crippen molar-refractivity contribution in [3.05, 3.63) is 40.6 Å². The highest BCUT2D eigenvalue weighted by molar-refractivity contribution is 7.85. The quantitative estimate of drug-likeness (QED) is 0.708. The zero-order valence-electron chi connectivity index (χ0n) is 17.0. The molecule has 0 radical (unpaired) electrons. The molecule has 2 heterocycles. The van der Waals surface area contributed by atoms with Gasteiger partial charge in [0.25, 0.3) is 0 Å². The van der Waals surface area contributed by atoms with E-state index in [-0.39, 0.29) is 16.8 Å². The minimum atomic E-state index is -1.22. The maximum absolute atomic E-state index is 14.9. The Bertz CT molecular complexity index is 1000. The van der Waals surface area contributed by atoms with Gasteiger partial charge in [0.15, 0.2) is 5.82 Å². The number of amides is 1. The van der Waals surface area contributed by atoms with Gasteiger partial charge in [0, 0.05) is 29.0 Å². The van der Waals surface area contributed by atoms with Crippen LogP contribution in [0.5, 0.6) is 0 Å². The van der Waals surface area contributed by atoms with Gasteiger partial charge in [0.05, 0.1) is 21.9 Å². The molecular formula is C20H24ClFN4O2S. The second kappa shape index (κ2) is 7.65. The van der Waals surface area contributed by atoms with Crippen molar-refractivity contribution in [2.75, 3.05) is 11.1 Å². The predicted molar refractivity (Wildman–Crippen MR) is 113 cm³/mol. The first-order valence-corrected chi connectivity index (χ1v) is 10.9. The van der Waals surface area contributed by atoms with Gasteiger partial charge in [-0.1, -0.05) is 6.07 Å². The predicted octanol–water partition coefficient (Wildman–Crippen LogP) is 3.87. The molecule has 0 saturated carbocycles. The Kier molecular flexibility index (Phi) is 5.71. The van der Waals surface area contributed by atoms with Crippen LogP contribution in [0.15, 0.2) is 23.1 Å². The molecule has 156 valence electrons. The van der Waals surface area contributed by atoms with Gasteiger partial charge in [-0.15, -0.1) is 0 Å². The molecule has 1 amide bonds. The van der Waals surface area contributed by atoms with Gasteiger partial charge in [-0.25, -0.2) is 9.37 Å². The molecule has 0 unspecified atom stereocenters. The van der Waals surface area contributed by atoms with E-state index in [2.05, 4.69) is 20.6 Å². The van der Waals surface area contributed by atoms with E-state index in [1.807, 2.05) is 20.8 Å². The Labute approximate surface area is 177 Å². The van der Waals surface area contributed by atoms with Crippen molar-refractivity contribution in [1.82, 2.24) is 15.3 Å². The fourth-order valence-corrected chi connectivity index (χ4v) is 4.60. The first-order valence-electron chi connectivity index (χ1n) is 9.23. The Balaban J connectivity index is 1.90. The molecule has 2 aromatic rings. The summed E-state index contributed by atoms with van der Waals surface area (Å²) >= 11 is 5.97. The minimum Gasteiger partial charge on any atom is -0.351 e. The summed E-state index contributed by atoms with van der Waals surface area (Å²) < 4.78 is 27.2. The summed E-state index contributed by atoms with van der Waals surface area (Å²) in [5.74, 6) is -0.0150. The van der Waals surface area contributed by atoms with Crippen LogP contribution in [0, 0.1) is 5.82 Å². The van der Waals surface area contributed by atoms with Crippen LogP contribution in [-0.4, -0.2) is 31.4 Å². The van der Waals surface area contributed by atoms with Crippen LogP contribution < -0.4 is 10.6 Å². The van der Waals surface area contributed by atoms with Crippen LogP contribution >= 0.6 is 11.6 Å². The molecule has 0 spiro atoms. The highest BCUT2D eigenvalue weighted by Gasteiger charge is 2.34. The lowest BCUT2D eigenvalue weighted by molar-refractivity contribution is -0.127. The highest BCUT2D eigenvalue weighted by Crippen LogP contribution is 2.33. The molecule has 1 aromatic carbocycles. The van der Waals surface area contributed by atoms with Crippen molar-refractivity contribution in [2.24, 2.45) is 0 Å². The average Bonchev–Trinajstić information content (AvgIpc) is 2.94. The molecule has 1 atom stereocenters. The molecule has 29 heavy (non-hydrogen) atoms. The second-order valence-corrected chi connectivity index (χ2v) is 10.4. The zero-order chi connectivity index (χ0) is 21.6. The Morgan fingerprint density at radius 2 is 1.90 bits per heavy atom. The van der Waals surface area contributed by atoms with Crippen molar-refractivity contribution in [3.8, 4) is 0 Å². The van der Waals surface area contributed by atoms with E-state index in [0.29, 0.717) is 34.3 Å². The topological polar surface area (TPSA) is 84.0 Å². The molecular weight excluding hydrogens is 415 g/mol. The van der Waals surface area contributed by atoms with Gasteiger partial charge >= 0.3 is 0 Å². The number of aromatic nitrogens is 2. The number of halogens is 2. The number of rotatable bonds is 4. The highest BCUT2D eigenvalue weighted by atomic mass is 35.5. The van der Waals surface area contributed by atoms with Crippen LogP contribution in [0.4, 0.5) is 15.9 Å². The Hall–Kier alpha value is -2.06. The lowest BCUT2D eigenvalue weighted by atomic mass is 9.82. The smallest absolute Gasteiger partial charge is 0.230 e. The molecule has 0 fully saturated rings. The third-order valence-corrected chi connectivity index (χ3v) is 6.25. The Morgan fingerprint density at radius 1 is 1.21 bits per heavy atom. The summed E-state index contributed by atoms with van der Waals surface area (Å²) in [5.41, 5.74) is -0.146. The van der Waals surface area contributed by atoms with Crippen LogP contribution in [0.2, 0.25) is 5.28 Å². The molecule has 3 rings (SSSR count). The number of carbonyl (C=O) groups excluding carboxylic acids is 1. The number of aryl methyl sites for hydroxylation is 1. The standard InChI is InChI=1S/C20H24ClFN4O2S/c1-19(2,3)26-17(27)20(4,5)12-7-6-11(10-13(12)22)23-16-15-14(8-9-29(15)28)24-18(21)25-16/h6-7,10H,8-9H2,1-5H3,(H,26,27)(H,23,24,25)/t29-/m1/s1. The molecule has 0 aliphatic carbocycles. The van der Waals surface area contributed by atoms with Crippen molar-refractivity contribution in [3.63, 3.8) is 0 Å². The van der Waals surface area contributed by atoms with Crippen molar-refractivity contribution in [2.45, 2.75) is 56.9 Å². The first kappa shape index (κ1) is 21.6. The molecule has 6 nitrogen and oxygen atoms in total. The summed E-state index contributed by atoms with van der Waals surface area (Å²) in [6, 6.07) is 4.52. The SMILES string of the molecule is CC(C)(C)NC(=O)C(C)(C)c1ccc(Nc2nc(Cl)nc3c2[S@](=O)CC3)cc1F. The molecule has 1 aromatic heterocycles. The van der Waals surface area contributed by atoms with Crippen LogP contribution in [0.3, 0.4) is 0 Å². The third kappa shape index (κ3) is 4.59. The molecule has 1 aliphatic rings. The summed E-state index contributed by atoms with van der Waals surface area (Å²) in [6.07, 6.45) is 0.559. The minimum absolute atomic E-state index is 0.0437. The largest absolute Gasteiger partial charge is 0.351 e. The van der Waals surface area contributed by atoms with Crippen LogP contribution in [-0.2, 0) is 27.4 Å². The lowest BCUT2D eigenvalue weighted by Crippen LogP contribution is -2.49. The first-order chi connectivity index (χ1) is 13.4. The van der Waals surface area contributed by atoms with E-state index in [1.54, 1.807) is 26.0 Å². The van der Waals surface area contributed by atoms with Crippen LogP contribution in [0.1, 0.15) is 45.9 Å². The maximum Gasteiger partial charge on any atom is 0.230 e. The van der Waals surface area contributed by atoms with Gasteiger partial charge < -0.3 is 10.6 Å². The zero-order valence-corrected chi connectivity index (χ0v) is 18.6. The summed E-state index contributed by atoms with van der Waals surface area (Å²) in [6.45, 7) is 8.98.